The van der Waals surface area contributed by atoms with Crippen molar-refractivity contribution in [2.24, 2.45) is 0 Å². The van der Waals surface area contributed by atoms with Crippen LogP contribution in [0.2, 0.25) is 0 Å². The summed E-state index contributed by atoms with van der Waals surface area (Å²) >= 11 is 0. The van der Waals surface area contributed by atoms with E-state index in [9.17, 15) is 17.6 Å². The maximum absolute atomic E-state index is 13.8. The molecule has 0 aromatic heterocycles. The number of rotatable bonds is 8. The molecule has 116 valence electrons. The van der Waals surface area contributed by atoms with Crippen LogP contribution < -0.4 is 4.72 Å². The minimum Gasteiger partial charge on any atom is -0.478 e. The van der Waals surface area contributed by atoms with Gasteiger partial charge in [0.15, 0.2) is 0 Å². The average molecular weight is 317 g/mol. The second-order valence-corrected chi connectivity index (χ2v) is 5.69. The first kappa shape index (κ1) is 17.3. The van der Waals surface area contributed by atoms with Crippen molar-refractivity contribution < 1.29 is 27.4 Å². The molecule has 0 spiro atoms. The van der Waals surface area contributed by atoms with Crippen LogP contribution in [0.4, 0.5) is 4.39 Å². The van der Waals surface area contributed by atoms with Gasteiger partial charge in [-0.25, -0.2) is 22.3 Å². The Kier molecular flexibility index (Phi) is 6.47. The first-order valence-electron chi connectivity index (χ1n) is 6.15. The Hall–Kier alpha value is -1.77. The number of ether oxygens (including phenoxy) is 1. The van der Waals surface area contributed by atoms with Crippen molar-refractivity contribution in [1.82, 2.24) is 4.72 Å². The Labute approximate surface area is 122 Å². The van der Waals surface area contributed by atoms with Crippen LogP contribution in [-0.2, 0) is 19.6 Å². The van der Waals surface area contributed by atoms with Crippen LogP contribution in [0.3, 0.4) is 0 Å². The van der Waals surface area contributed by atoms with Gasteiger partial charge in [0.25, 0.3) is 0 Å². The second kappa shape index (κ2) is 7.87. The fourth-order valence-corrected chi connectivity index (χ4v) is 2.55. The number of halogens is 1. The van der Waals surface area contributed by atoms with Crippen LogP contribution in [0, 0.1) is 5.82 Å². The van der Waals surface area contributed by atoms with E-state index in [0.29, 0.717) is 6.61 Å². The summed E-state index contributed by atoms with van der Waals surface area (Å²) in [6.45, 7) is 2.46. The standard InChI is InChI=1S/C13H16FNO5S/c1-2-20-8-7-15-21(18,19)12-5-3-10(9-11(12)14)4-6-13(16)17/h3-6,9,15H,2,7-8H2,1H3,(H,16,17)/b6-4+. The zero-order chi connectivity index (χ0) is 15.9. The third-order valence-corrected chi connectivity index (χ3v) is 3.90. The Bertz CT molecular complexity index is 627. The van der Waals surface area contributed by atoms with E-state index in [1.165, 1.54) is 12.1 Å². The molecule has 0 saturated heterocycles. The van der Waals surface area contributed by atoms with Crippen LogP contribution in [0.25, 0.3) is 6.08 Å². The van der Waals surface area contributed by atoms with Gasteiger partial charge in [-0.3, -0.25) is 0 Å². The number of carboxylic acids is 1. The van der Waals surface area contributed by atoms with Gasteiger partial charge in [-0.05, 0) is 30.7 Å². The number of carbonyl (C=O) groups is 1. The van der Waals surface area contributed by atoms with E-state index in [4.69, 9.17) is 9.84 Å². The summed E-state index contributed by atoms with van der Waals surface area (Å²) in [7, 11) is -3.96. The molecule has 0 heterocycles. The molecule has 0 saturated carbocycles. The van der Waals surface area contributed by atoms with Gasteiger partial charge in [0.2, 0.25) is 10.0 Å². The molecule has 1 rings (SSSR count). The molecule has 0 aliphatic rings. The van der Waals surface area contributed by atoms with Crippen molar-refractivity contribution in [2.75, 3.05) is 19.8 Å². The van der Waals surface area contributed by atoms with Gasteiger partial charge >= 0.3 is 5.97 Å². The molecular formula is C13H16FNO5S. The molecule has 0 unspecified atom stereocenters. The molecule has 0 fully saturated rings. The Balaban J connectivity index is 2.86. The zero-order valence-electron chi connectivity index (χ0n) is 11.4. The van der Waals surface area contributed by atoms with Gasteiger partial charge in [-0.15, -0.1) is 0 Å². The zero-order valence-corrected chi connectivity index (χ0v) is 12.2. The number of aliphatic carboxylic acids is 1. The molecular weight excluding hydrogens is 301 g/mol. The predicted molar refractivity (Wildman–Crippen MR) is 74.8 cm³/mol. The number of hydrogen-bond donors (Lipinski definition) is 2. The number of sulfonamides is 1. The molecule has 1 aromatic rings. The highest BCUT2D eigenvalue weighted by Crippen LogP contribution is 2.16. The molecule has 0 aliphatic heterocycles. The largest absolute Gasteiger partial charge is 0.478 e. The van der Waals surface area contributed by atoms with Gasteiger partial charge in [-0.2, -0.15) is 0 Å². The summed E-state index contributed by atoms with van der Waals surface area (Å²) in [5.74, 6) is -2.13. The lowest BCUT2D eigenvalue weighted by Crippen LogP contribution is -2.28. The lowest BCUT2D eigenvalue weighted by atomic mass is 10.2. The third kappa shape index (κ3) is 5.62. The number of carboxylic acid groups (broad SMARTS) is 1. The second-order valence-electron chi connectivity index (χ2n) is 3.96. The van der Waals surface area contributed by atoms with Crippen molar-refractivity contribution in [1.29, 1.82) is 0 Å². The first-order chi connectivity index (χ1) is 9.86. The minimum atomic E-state index is -3.96. The van der Waals surface area contributed by atoms with Crippen LogP contribution in [0.5, 0.6) is 0 Å². The van der Waals surface area contributed by atoms with E-state index in [1.54, 1.807) is 6.92 Å². The molecule has 8 heteroatoms. The van der Waals surface area contributed by atoms with Crippen molar-refractivity contribution in [3.8, 4) is 0 Å². The van der Waals surface area contributed by atoms with Crippen molar-refractivity contribution >= 4 is 22.1 Å². The molecule has 0 amide bonds. The molecule has 6 nitrogen and oxygen atoms in total. The fraction of sp³-hybridized carbons (Fsp3) is 0.308. The van der Waals surface area contributed by atoms with Crippen molar-refractivity contribution in [3.05, 3.63) is 35.7 Å². The van der Waals surface area contributed by atoms with Crippen LogP contribution in [0.1, 0.15) is 12.5 Å². The smallest absolute Gasteiger partial charge is 0.328 e. The summed E-state index contributed by atoms with van der Waals surface area (Å²) in [6, 6.07) is 3.36. The van der Waals surface area contributed by atoms with Gasteiger partial charge in [0.05, 0.1) is 6.61 Å². The minimum absolute atomic E-state index is 0.0380. The van der Waals surface area contributed by atoms with E-state index in [1.807, 2.05) is 0 Å². The number of hydrogen-bond acceptors (Lipinski definition) is 4. The van der Waals surface area contributed by atoms with Crippen molar-refractivity contribution in [3.63, 3.8) is 0 Å². The van der Waals surface area contributed by atoms with E-state index in [0.717, 1.165) is 18.2 Å². The maximum Gasteiger partial charge on any atom is 0.328 e. The predicted octanol–water partition coefficient (Wildman–Crippen LogP) is 1.24. The van der Waals surface area contributed by atoms with Gasteiger partial charge in [-0.1, -0.05) is 6.07 Å². The summed E-state index contributed by atoms with van der Waals surface area (Å²) in [5, 5.41) is 8.47. The first-order valence-corrected chi connectivity index (χ1v) is 7.63. The highest BCUT2D eigenvalue weighted by atomic mass is 32.2. The van der Waals surface area contributed by atoms with Crippen LogP contribution >= 0.6 is 0 Å². The van der Waals surface area contributed by atoms with E-state index in [-0.39, 0.29) is 18.7 Å². The number of benzene rings is 1. The van der Waals surface area contributed by atoms with Crippen molar-refractivity contribution in [2.45, 2.75) is 11.8 Å². The highest BCUT2D eigenvalue weighted by molar-refractivity contribution is 7.89. The highest BCUT2D eigenvalue weighted by Gasteiger charge is 2.18. The topological polar surface area (TPSA) is 92.7 Å². The maximum atomic E-state index is 13.8. The fourth-order valence-electron chi connectivity index (χ4n) is 1.48. The Morgan fingerprint density at radius 2 is 2.19 bits per heavy atom. The molecule has 0 radical (unpaired) electrons. The summed E-state index contributed by atoms with van der Waals surface area (Å²) in [5.41, 5.74) is 0.253. The molecule has 0 atom stereocenters. The van der Waals surface area contributed by atoms with Gasteiger partial charge in [0.1, 0.15) is 10.7 Å². The Morgan fingerprint density at radius 1 is 1.48 bits per heavy atom. The summed E-state index contributed by atoms with van der Waals surface area (Å²) in [6.07, 6.45) is 2.01. The number of nitrogens with one attached hydrogen (secondary N) is 1. The molecule has 2 N–H and O–H groups in total. The summed E-state index contributed by atoms with van der Waals surface area (Å²) in [4.78, 5) is 9.86. The lowest BCUT2D eigenvalue weighted by Gasteiger charge is -2.08. The molecule has 0 bridgehead atoms. The summed E-state index contributed by atoms with van der Waals surface area (Å²) < 4.78 is 44.8. The quantitative estimate of drug-likeness (QED) is 0.556. The third-order valence-electron chi connectivity index (χ3n) is 2.41. The van der Waals surface area contributed by atoms with Gasteiger partial charge < -0.3 is 9.84 Å². The lowest BCUT2D eigenvalue weighted by molar-refractivity contribution is -0.131. The van der Waals surface area contributed by atoms with E-state index >= 15 is 0 Å². The monoisotopic (exact) mass is 317 g/mol. The Morgan fingerprint density at radius 3 is 2.76 bits per heavy atom. The molecule has 1 aromatic carbocycles. The van der Waals surface area contributed by atoms with E-state index in [2.05, 4.69) is 4.72 Å². The van der Waals surface area contributed by atoms with Crippen LogP contribution in [0.15, 0.2) is 29.2 Å². The van der Waals surface area contributed by atoms with Crippen LogP contribution in [-0.4, -0.2) is 39.3 Å². The molecule has 0 aliphatic carbocycles. The SMILES string of the molecule is CCOCCNS(=O)(=O)c1ccc(/C=C/C(=O)O)cc1F. The van der Waals surface area contributed by atoms with Gasteiger partial charge in [0, 0.05) is 19.2 Å². The van der Waals surface area contributed by atoms with E-state index < -0.39 is 26.7 Å². The molecule has 21 heavy (non-hydrogen) atoms. The average Bonchev–Trinajstić information content (AvgIpc) is 2.41. The normalized spacial score (nSPS) is 11.9.